The largest absolute Gasteiger partial charge is 0.351 e. The lowest BCUT2D eigenvalue weighted by atomic mass is 9.43. The van der Waals surface area contributed by atoms with Gasteiger partial charge >= 0.3 is 0 Å². The first-order valence-corrected chi connectivity index (χ1v) is 6.15. The number of carbonyl (C=O) groups is 2. The molecule has 4 heteroatoms. The van der Waals surface area contributed by atoms with Crippen LogP contribution in [0.1, 0.15) is 45.4 Å². The molecule has 0 atom stereocenters. The van der Waals surface area contributed by atoms with Crippen LogP contribution in [0.15, 0.2) is 0 Å². The topological polar surface area (TPSA) is 49.4 Å². The Morgan fingerprint density at radius 2 is 2.00 bits per heavy atom. The summed E-state index contributed by atoms with van der Waals surface area (Å²) in [6.45, 7) is 2.49. The van der Waals surface area contributed by atoms with E-state index < -0.39 is 0 Å². The summed E-state index contributed by atoms with van der Waals surface area (Å²) in [7, 11) is 0. The summed E-state index contributed by atoms with van der Waals surface area (Å²) in [5, 5.41) is 3.02. The maximum absolute atomic E-state index is 11.8. The Labute approximate surface area is 95.4 Å². The molecule has 2 bridgehead atoms. The molecule has 1 saturated heterocycles. The summed E-state index contributed by atoms with van der Waals surface area (Å²) in [5.41, 5.74) is 0.170. The summed E-state index contributed by atoms with van der Waals surface area (Å²) < 4.78 is 0. The van der Waals surface area contributed by atoms with Crippen LogP contribution in [0.3, 0.4) is 0 Å². The predicted octanol–water partition coefficient (Wildman–Crippen LogP) is 0.810. The molecule has 0 radical (unpaired) electrons. The lowest BCUT2D eigenvalue weighted by Crippen LogP contribution is -2.84. The second-order valence-corrected chi connectivity index (χ2v) is 5.72. The van der Waals surface area contributed by atoms with Crippen molar-refractivity contribution in [3.63, 3.8) is 0 Å². The number of hydrogen-bond donors (Lipinski definition) is 1. The molecule has 3 aliphatic carbocycles. The molecule has 4 rings (SSSR count). The lowest BCUT2D eigenvalue weighted by molar-refractivity contribution is -0.194. The number of nitrogens with zero attached hydrogens (tertiary/aromatic N) is 1. The van der Waals surface area contributed by atoms with Crippen LogP contribution in [-0.2, 0) is 9.59 Å². The monoisotopic (exact) mass is 222 g/mol. The van der Waals surface area contributed by atoms with Gasteiger partial charge in [0.15, 0.2) is 0 Å². The lowest BCUT2D eigenvalue weighted by Gasteiger charge is -2.73. The number of nitrogens with one attached hydrogen (secondary N) is 1. The maximum atomic E-state index is 11.8. The Kier molecular flexibility index (Phi) is 1.89. The first kappa shape index (κ1) is 10.1. The van der Waals surface area contributed by atoms with Crippen LogP contribution in [0.5, 0.6) is 0 Å². The molecular formula is C12H18N2O2. The fraction of sp³-hybridized carbons (Fsp3) is 0.833. The first-order chi connectivity index (χ1) is 7.55. The van der Waals surface area contributed by atoms with Crippen LogP contribution in [0, 0.1) is 0 Å². The second-order valence-electron chi connectivity index (χ2n) is 5.72. The highest BCUT2D eigenvalue weighted by atomic mass is 16.2. The van der Waals surface area contributed by atoms with Gasteiger partial charge in [-0.1, -0.05) is 0 Å². The zero-order valence-corrected chi connectivity index (χ0v) is 9.71. The smallest absolute Gasteiger partial charge is 0.223 e. The van der Waals surface area contributed by atoms with Gasteiger partial charge in [-0.25, -0.2) is 0 Å². The molecular weight excluding hydrogens is 204 g/mol. The van der Waals surface area contributed by atoms with Crippen molar-refractivity contribution in [1.82, 2.24) is 10.2 Å². The summed E-state index contributed by atoms with van der Waals surface area (Å²) >= 11 is 0. The van der Waals surface area contributed by atoms with E-state index in [0.717, 1.165) is 45.1 Å². The van der Waals surface area contributed by atoms with Crippen molar-refractivity contribution in [1.29, 1.82) is 0 Å². The van der Waals surface area contributed by atoms with Crippen molar-refractivity contribution in [3.8, 4) is 0 Å². The second kappa shape index (κ2) is 2.99. The number of amides is 2. The van der Waals surface area contributed by atoms with Crippen LogP contribution in [0.4, 0.5) is 0 Å². The summed E-state index contributed by atoms with van der Waals surface area (Å²) in [5.74, 6) is 0.376. The normalized spacial score (nSPS) is 41.1. The van der Waals surface area contributed by atoms with E-state index in [9.17, 15) is 9.59 Å². The van der Waals surface area contributed by atoms with Gasteiger partial charge in [-0.2, -0.15) is 0 Å². The highest BCUT2D eigenvalue weighted by Gasteiger charge is 2.71. The molecule has 88 valence electrons. The third kappa shape index (κ3) is 1.22. The van der Waals surface area contributed by atoms with Crippen molar-refractivity contribution < 1.29 is 9.59 Å². The van der Waals surface area contributed by atoms with Crippen LogP contribution < -0.4 is 5.32 Å². The van der Waals surface area contributed by atoms with Gasteiger partial charge in [-0.3, -0.25) is 9.59 Å². The third-order valence-corrected chi connectivity index (χ3v) is 4.34. The van der Waals surface area contributed by atoms with Crippen molar-refractivity contribution >= 4 is 11.8 Å². The van der Waals surface area contributed by atoms with E-state index in [-0.39, 0.29) is 17.0 Å². The molecule has 2 amide bonds. The Morgan fingerprint density at radius 3 is 2.56 bits per heavy atom. The minimum atomic E-state index is 0.0452. The Morgan fingerprint density at radius 1 is 1.31 bits per heavy atom. The molecule has 16 heavy (non-hydrogen) atoms. The van der Waals surface area contributed by atoms with Gasteiger partial charge in [0.1, 0.15) is 0 Å². The summed E-state index contributed by atoms with van der Waals surface area (Å²) in [6, 6.07) is 0. The van der Waals surface area contributed by atoms with Gasteiger partial charge in [0.2, 0.25) is 11.8 Å². The molecule has 0 aromatic heterocycles. The van der Waals surface area contributed by atoms with E-state index in [1.54, 1.807) is 6.92 Å². The Hall–Kier alpha value is -1.06. The van der Waals surface area contributed by atoms with Crippen LogP contribution in [0.2, 0.25) is 0 Å². The van der Waals surface area contributed by atoms with Crippen LogP contribution >= 0.6 is 0 Å². The zero-order chi connectivity index (χ0) is 11.4. The molecule has 0 aromatic carbocycles. The predicted molar refractivity (Wildman–Crippen MR) is 58.7 cm³/mol. The van der Waals surface area contributed by atoms with Crippen molar-refractivity contribution in [2.45, 2.75) is 56.5 Å². The molecule has 3 saturated carbocycles. The van der Waals surface area contributed by atoms with E-state index in [2.05, 4.69) is 10.2 Å². The first-order valence-electron chi connectivity index (χ1n) is 6.15. The SMILES string of the molecule is CC(=O)NC12CC(N3CCCCC3=O)(C1)C2. The van der Waals surface area contributed by atoms with Gasteiger partial charge in [0.05, 0.1) is 0 Å². The van der Waals surface area contributed by atoms with E-state index in [1.807, 2.05) is 0 Å². The van der Waals surface area contributed by atoms with Gasteiger partial charge in [-0.05, 0) is 32.1 Å². The molecule has 4 fully saturated rings. The van der Waals surface area contributed by atoms with Gasteiger partial charge in [0.25, 0.3) is 0 Å². The summed E-state index contributed by atoms with van der Waals surface area (Å²) in [6.07, 6.45) is 5.83. The standard InChI is InChI=1S/C12H18N2O2/c1-9(15)13-11-6-12(7-11,8-11)14-5-3-2-4-10(14)16/h2-8H2,1H3,(H,13,15). The van der Waals surface area contributed by atoms with Crippen LogP contribution in [0.25, 0.3) is 0 Å². The molecule has 1 aliphatic heterocycles. The average molecular weight is 222 g/mol. The number of rotatable bonds is 2. The van der Waals surface area contributed by atoms with Crippen molar-refractivity contribution in [2.75, 3.05) is 6.54 Å². The van der Waals surface area contributed by atoms with Gasteiger partial charge in [-0.15, -0.1) is 0 Å². The van der Waals surface area contributed by atoms with E-state index >= 15 is 0 Å². The number of likely N-dealkylation sites (tertiary alicyclic amines) is 1. The molecule has 1 N–H and O–H groups in total. The zero-order valence-electron chi connectivity index (χ0n) is 9.71. The Bertz CT molecular complexity index is 344. The quantitative estimate of drug-likeness (QED) is 0.751. The van der Waals surface area contributed by atoms with E-state index in [4.69, 9.17) is 0 Å². The van der Waals surface area contributed by atoms with E-state index in [0.29, 0.717) is 5.91 Å². The Balaban J connectivity index is 1.64. The van der Waals surface area contributed by atoms with Crippen LogP contribution in [-0.4, -0.2) is 34.3 Å². The fourth-order valence-corrected chi connectivity index (χ4v) is 3.83. The van der Waals surface area contributed by atoms with Gasteiger partial charge in [0, 0.05) is 31.0 Å². The minimum absolute atomic E-state index is 0.0452. The molecule has 4 aliphatic rings. The highest BCUT2D eigenvalue weighted by molar-refractivity contribution is 5.79. The number of carbonyl (C=O) groups excluding carboxylic acids is 2. The molecule has 0 spiro atoms. The minimum Gasteiger partial charge on any atom is -0.351 e. The molecule has 0 aromatic rings. The van der Waals surface area contributed by atoms with Crippen molar-refractivity contribution in [2.24, 2.45) is 0 Å². The van der Waals surface area contributed by atoms with E-state index in [1.165, 1.54) is 0 Å². The number of piperidine rings is 1. The number of hydrogen-bond acceptors (Lipinski definition) is 2. The molecule has 1 heterocycles. The van der Waals surface area contributed by atoms with Crippen molar-refractivity contribution in [3.05, 3.63) is 0 Å². The van der Waals surface area contributed by atoms with Gasteiger partial charge < -0.3 is 10.2 Å². The average Bonchev–Trinajstić information content (AvgIpc) is 2.10. The summed E-state index contributed by atoms with van der Waals surface area (Å²) in [4.78, 5) is 24.9. The molecule has 0 unspecified atom stereocenters. The highest BCUT2D eigenvalue weighted by Crippen LogP contribution is 2.63. The molecule has 4 nitrogen and oxygen atoms in total. The fourth-order valence-electron chi connectivity index (χ4n) is 3.83. The maximum Gasteiger partial charge on any atom is 0.223 e. The third-order valence-electron chi connectivity index (χ3n) is 4.34.